The molecule has 1 unspecified atom stereocenters. The normalized spacial score (nSPS) is 19.5. The largest absolute Gasteiger partial charge is 0.345 e. The summed E-state index contributed by atoms with van der Waals surface area (Å²) in [7, 11) is 0. The van der Waals surface area contributed by atoms with Crippen LogP contribution in [0.25, 0.3) is 0 Å². The monoisotopic (exact) mass is 309 g/mol. The molecule has 1 saturated heterocycles. The number of hydrogen-bond acceptors (Lipinski definition) is 4. The molecule has 3 nitrogen and oxygen atoms in total. The minimum absolute atomic E-state index is 0.531. The van der Waals surface area contributed by atoms with Crippen LogP contribution in [0, 0.1) is 0 Å². The van der Waals surface area contributed by atoms with E-state index in [0.29, 0.717) is 12.1 Å². The van der Waals surface area contributed by atoms with Crippen molar-refractivity contribution in [1.82, 2.24) is 10.3 Å². The fraction of sp³-hybridized carbons (Fsp3) is 0.824. The zero-order chi connectivity index (χ0) is 15.2. The molecule has 1 aliphatic rings. The third kappa shape index (κ3) is 4.43. The number of hydrogen-bond donors (Lipinski definition) is 1. The number of nitrogens with zero attached hydrogens (tertiary/aromatic N) is 2. The molecule has 1 aromatic heterocycles. The maximum Gasteiger partial charge on any atom is 0.186 e. The number of anilines is 1. The van der Waals surface area contributed by atoms with E-state index in [2.05, 4.69) is 37.9 Å². The van der Waals surface area contributed by atoms with E-state index in [1.165, 1.54) is 54.4 Å². The quantitative estimate of drug-likeness (QED) is 0.811. The maximum atomic E-state index is 5.00. The molecule has 0 bridgehead atoms. The molecular formula is C17H31N3S. The summed E-state index contributed by atoms with van der Waals surface area (Å²) >= 11 is 1.92. The van der Waals surface area contributed by atoms with Gasteiger partial charge in [-0.2, -0.15) is 0 Å². The van der Waals surface area contributed by atoms with Gasteiger partial charge in [-0.25, -0.2) is 4.98 Å². The first-order valence-corrected chi connectivity index (χ1v) is 9.45. The Morgan fingerprint density at radius 3 is 2.81 bits per heavy atom. The lowest BCUT2D eigenvalue weighted by Gasteiger charge is -2.35. The Morgan fingerprint density at radius 1 is 1.33 bits per heavy atom. The number of rotatable bonds is 7. The van der Waals surface area contributed by atoms with Crippen LogP contribution in [-0.2, 0) is 13.0 Å². The Balaban J connectivity index is 2.16. The smallest absolute Gasteiger partial charge is 0.186 e. The van der Waals surface area contributed by atoms with Crippen LogP contribution in [0.3, 0.4) is 0 Å². The predicted octanol–water partition coefficient (Wildman–Crippen LogP) is 4.36. The summed E-state index contributed by atoms with van der Waals surface area (Å²) in [6.07, 6.45) is 7.55. The second-order valence-electron chi connectivity index (χ2n) is 6.40. The van der Waals surface area contributed by atoms with Crippen molar-refractivity contribution in [3.05, 3.63) is 10.6 Å². The third-order valence-corrected chi connectivity index (χ3v) is 5.40. The van der Waals surface area contributed by atoms with Crippen LogP contribution in [-0.4, -0.2) is 23.6 Å². The number of thiazole rings is 1. The van der Waals surface area contributed by atoms with Crippen LogP contribution in [0.1, 0.15) is 70.4 Å². The van der Waals surface area contributed by atoms with E-state index in [4.69, 9.17) is 4.98 Å². The molecule has 2 heterocycles. The van der Waals surface area contributed by atoms with Gasteiger partial charge in [0.15, 0.2) is 5.13 Å². The highest BCUT2D eigenvalue weighted by atomic mass is 32.1. The second kappa shape index (κ2) is 8.14. The number of aryl methyl sites for hydroxylation is 1. The first-order valence-electron chi connectivity index (χ1n) is 8.64. The van der Waals surface area contributed by atoms with Crippen molar-refractivity contribution in [2.24, 2.45) is 0 Å². The average Bonchev–Trinajstić information content (AvgIpc) is 2.88. The molecule has 0 spiro atoms. The molecule has 21 heavy (non-hydrogen) atoms. The lowest BCUT2D eigenvalue weighted by atomic mass is 10.0. The lowest BCUT2D eigenvalue weighted by Crippen LogP contribution is -2.39. The van der Waals surface area contributed by atoms with E-state index in [1.54, 1.807) is 0 Å². The third-order valence-electron chi connectivity index (χ3n) is 4.27. The molecule has 1 aliphatic heterocycles. The molecular weight excluding hydrogens is 278 g/mol. The van der Waals surface area contributed by atoms with Crippen molar-refractivity contribution in [2.75, 3.05) is 11.4 Å². The molecule has 0 aromatic carbocycles. The molecule has 4 heteroatoms. The van der Waals surface area contributed by atoms with Crippen LogP contribution >= 0.6 is 11.3 Å². The van der Waals surface area contributed by atoms with Crippen molar-refractivity contribution in [3.63, 3.8) is 0 Å². The van der Waals surface area contributed by atoms with Gasteiger partial charge in [0.05, 0.1) is 5.69 Å². The van der Waals surface area contributed by atoms with Crippen molar-refractivity contribution in [3.8, 4) is 0 Å². The molecule has 0 radical (unpaired) electrons. The van der Waals surface area contributed by atoms with Crippen molar-refractivity contribution in [1.29, 1.82) is 0 Å². The van der Waals surface area contributed by atoms with E-state index in [9.17, 15) is 0 Å². The first-order chi connectivity index (χ1) is 10.2. The first kappa shape index (κ1) is 16.8. The standard InChI is InChI=1S/C17H31N3S/c1-5-9-15-16(12-18-13(3)4)21-17(19-15)20-11-8-7-10-14(20)6-2/h13-14,18H,5-12H2,1-4H3. The molecule has 0 saturated carbocycles. The molecule has 120 valence electrons. The number of nitrogens with one attached hydrogen (secondary N) is 1. The molecule has 1 aromatic rings. The van der Waals surface area contributed by atoms with E-state index in [0.717, 1.165) is 13.0 Å². The second-order valence-corrected chi connectivity index (χ2v) is 7.47. The highest BCUT2D eigenvalue weighted by Gasteiger charge is 2.24. The van der Waals surface area contributed by atoms with Gasteiger partial charge >= 0.3 is 0 Å². The van der Waals surface area contributed by atoms with Crippen LogP contribution in [0.15, 0.2) is 0 Å². The average molecular weight is 310 g/mol. The van der Waals surface area contributed by atoms with Gasteiger partial charge in [0.2, 0.25) is 0 Å². The van der Waals surface area contributed by atoms with Gasteiger partial charge in [-0.05, 0) is 32.1 Å². The predicted molar refractivity (Wildman–Crippen MR) is 93.4 cm³/mol. The van der Waals surface area contributed by atoms with E-state index >= 15 is 0 Å². The van der Waals surface area contributed by atoms with Crippen molar-refractivity contribution >= 4 is 16.5 Å². The Hall–Kier alpha value is -0.610. The minimum Gasteiger partial charge on any atom is -0.345 e. The van der Waals surface area contributed by atoms with Crippen LogP contribution in [0.2, 0.25) is 0 Å². The number of aromatic nitrogens is 1. The van der Waals surface area contributed by atoms with Gasteiger partial charge in [0.1, 0.15) is 0 Å². The molecule has 1 atom stereocenters. The van der Waals surface area contributed by atoms with E-state index in [-0.39, 0.29) is 0 Å². The maximum absolute atomic E-state index is 5.00. The van der Waals surface area contributed by atoms with Crippen molar-refractivity contribution in [2.45, 2.75) is 84.8 Å². The van der Waals surface area contributed by atoms with Gasteiger partial charge in [-0.3, -0.25) is 0 Å². The highest BCUT2D eigenvalue weighted by Crippen LogP contribution is 2.32. The summed E-state index contributed by atoms with van der Waals surface area (Å²) in [5.74, 6) is 0. The summed E-state index contributed by atoms with van der Waals surface area (Å²) in [6, 6.07) is 1.23. The summed E-state index contributed by atoms with van der Waals surface area (Å²) < 4.78 is 0. The van der Waals surface area contributed by atoms with Crippen molar-refractivity contribution < 1.29 is 0 Å². The van der Waals surface area contributed by atoms with Gasteiger partial charge in [0.25, 0.3) is 0 Å². The minimum atomic E-state index is 0.531. The summed E-state index contributed by atoms with van der Waals surface area (Å²) in [4.78, 5) is 9.03. The van der Waals surface area contributed by atoms with Crippen LogP contribution in [0.5, 0.6) is 0 Å². The Morgan fingerprint density at radius 2 is 2.14 bits per heavy atom. The fourth-order valence-corrected chi connectivity index (χ4v) is 4.19. The van der Waals surface area contributed by atoms with Crippen LogP contribution < -0.4 is 10.2 Å². The Labute approximate surface area is 134 Å². The molecule has 1 fully saturated rings. The molecule has 0 aliphatic carbocycles. The Bertz CT molecular complexity index is 428. The SMILES string of the molecule is CCCc1nc(N2CCCCC2CC)sc1CNC(C)C. The zero-order valence-electron chi connectivity index (χ0n) is 14.1. The number of piperidine rings is 1. The summed E-state index contributed by atoms with van der Waals surface area (Å²) in [6.45, 7) is 11.1. The summed E-state index contributed by atoms with van der Waals surface area (Å²) in [5, 5.41) is 4.82. The molecule has 0 amide bonds. The van der Waals surface area contributed by atoms with Gasteiger partial charge in [-0.1, -0.05) is 34.1 Å². The zero-order valence-corrected chi connectivity index (χ0v) is 14.9. The van der Waals surface area contributed by atoms with Gasteiger partial charge in [0, 0.05) is 30.1 Å². The highest BCUT2D eigenvalue weighted by molar-refractivity contribution is 7.15. The fourth-order valence-electron chi connectivity index (χ4n) is 3.04. The molecule has 2 rings (SSSR count). The van der Waals surface area contributed by atoms with Gasteiger partial charge in [-0.15, -0.1) is 11.3 Å². The van der Waals surface area contributed by atoms with Crippen LogP contribution in [0.4, 0.5) is 5.13 Å². The Kier molecular flexibility index (Phi) is 6.49. The summed E-state index contributed by atoms with van der Waals surface area (Å²) in [5.41, 5.74) is 1.33. The van der Waals surface area contributed by atoms with E-state index in [1.807, 2.05) is 11.3 Å². The van der Waals surface area contributed by atoms with E-state index < -0.39 is 0 Å². The molecule has 1 N–H and O–H groups in total. The topological polar surface area (TPSA) is 28.2 Å². The van der Waals surface area contributed by atoms with Gasteiger partial charge < -0.3 is 10.2 Å². The lowest BCUT2D eigenvalue weighted by molar-refractivity contribution is 0.449.